The first kappa shape index (κ1) is 23.6. The molecule has 1 aliphatic rings. The number of nitro groups is 1. The number of aliphatic imine (C=N–C) groups is 1. The summed E-state index contributed by atoms with van der Waals surface area (Å²) >= 11 is 7.93. The smallest absolute Gasteiger partial charge is 0.269 e. The summed E-state index contributed by atoms with van der Waals surface area (Å²) in [6.07, 6.45) is 4.26. The number of nitrogens with one attached hydrogen (secondary N) is 1. The van der Waals surface area contributed by atoms with Gasteiger partial charge in [-0.3, -0.25) is 19.8 Å². The molecule has 1 amide bonds. The van der Waals surface area contributed by atoms with E-state index in [0.717, 1.165) is 20.9 Å². The van der Waals surface area contributed by atoms with E-state index < -0.39 is 4.92 Å². The lowest BCUT2D eigenvalue weighted by Gasteiger charge is -2.15. The number of amides is 1. The summed E-state index contributed by atoms with van der Waals surface area (Å²) in [6.45, 7) is 0.419. The van der Waals surface area contributed by atoms with Crippen LogP contribution in [0.1, 0.15) is 11.3 Å². The summed E-state index contributed by atoms with van der Waals surface area (Å²) in [7, 11) is 0. The average molecular weight is 616 g/mol. The van der Waals surface area contributed by atoms with Crippen molar-refractivity contribution < 1.29 is 14.1 Å². The van der Waals surface area contributed by atoms with Crippen LogP contribution in [0.3, 0.4) is 0 Å². The number of furan rings is 1. The van der Waals surface area contributed by atoms with Crippen molar-refractivity contribution in [2.45, 2.75) is 6.42 Å². The normalized spacial score (nSPS) is 16.2. The van der Waals surface area contributed by atoms with Crippen LogP contribution in [0.25, 0.3) is 17.0 Å². The first-order chi connectivity index (χ1) is 16.9. The number of rotatable bonds is 6. The lowest BCUT2D eigenvalue weighted by molar-refractivity contribution is -0.384. The topological polar surface area (TPSA) is 105 Å². The van der Waals surface area contributed by atoms with Crippen LogP contribution in [0.4, 0.5) is 11.4 Å². The molecule has 35 heavy (non-hydrogen) atoms. The van der Waals surface area contributed by atoms with Crippen molar-refractivity contribution in [1.29, 1.82) is 0 Å². The third kappa shape index (κ3) is 4.97. The summed E-state index contributed by atoms with van der Waals surface area (Å²) in [6, 6.07) is 15.7. The fraction of sp³-hybridized carbons (Fsp3) is 0.0833. The quantitative estimate of drug-likeness (QED) is 0.142. The molecular formula is C24H16Br2N4O4S. The number of hydrogen-bond acceptors (Lipinski definition) is 6. The summed E-state index contributed by atoms with van der Waals surface area (Å²) in [5.74, 6) is 0.340. The minimum absolute atomic E-state index is 0.0187. The first-order valence-corrected chi connectivity index (χ1v) is 12.8. The van der Waals surface area contributed by atoms with E-state index >= 15 is 0 Å². The molecule has 8 nitrogen and oxygen atoms in total. The molecule has 3 heterocycles. The van der Waals surface area contributed by atoms with E-state index in [2.05, 4.69) is 41.8 Å². The molecule has 2 aromatic heterocycles. The van der Waals surface area contributed by atoms with Gasteiger partial charge in [0.25, 0.3) is 11.6 Å². The van der Waals surface area contributed by atoms with Crippen LogP contribution < -0.4 is 0 Å². The summed E-state index contributed by atoms with van der Waals surface area (Å²) < 4.78 is 6.90. The third-order valence-electron chi connectivity index (χ3n) is 5.39. The van der Waals surface area contributed by atoms with Crippen LogP contribution in [0.2, 0.25) is 0 Å². The van der Waals surface area contributed by atoms with Crippen LogP contribution in [0, 0.1) is 10.1 Å². The second kappa shape index (κ2) is 9.84. The number of aromatic amines is 1. The molecule has 1 fully saturated rings. The van der Waals surface area contributed by atoms with E-state index in [1.54, 1.807) is 29.2 Å². The van der Waals surface area contributed by atoms with Gasteiger partial charge in [-0.15, -0.1) is 0 Å². The van der Waals surface area contributed by atoms with E-state index in [-0.39, 0.29) is 11.6 Å². The number of carbonyl (C=O) groups is 1. The third-order valence-corrected chi connectivity index (χ3v) is 8.11. The average Bonchev–Trinajstić information content (AvgIpc) is 3.49. The molecule has 0 aliphatic carbocycles. The second-order valence-corrected chi connectivity index (χ2v) is 10.2. The molecule has 176 valence electrons. The Bertz CT molecular complexity index is 1490. The predicted octanol–water partition coefficient (Wildman–Crippen LogP) is 7.04. The Morgan fingerprint density at radius 1 is 1.17 bits per heavy atom. The number of hydrogen-bond donors (Lipinski definition) is 1. The lowest BCUT2D eigenvalue weighted by atomic mass is 10.1. The molecule has 11 heteroatoms. The number of para-hydroxylation sites is 1. The largest absolute Gasteiger partial charge is 0.449 e. The zero-order valence-corrected chi connectivity index (χ0v) is 21.9. The number of fused-ring (bicyclic) bond motifs is 1. The monoisotopic (exact) mass is 614 g/mol. The molecule has 5 rings (SSSR count). The molecule has 2 aromatic carbocycles. The maximum absolute atomic E-state index is 13.4. The van der Waals surface area contributed by atoms with Gasteiger partial charge < -0.3 is 9.40 Å². The maximum Gasteiger partial charge on any atom is 0.269 e. The van der Waals surface area contributed by atoms with Crippen LogP contribution in [-0.2, 0) is 11.2 Å². The van der Waals surface area contributed by atoms with Gasteiger partial charge in [0, 0.05) is 41.9 Å². The summed E-state index contributed by atoms with van der Waals surface area (Å²) in [5.41, 5.74) is 2.64. The molecule has 4 aromatic rings. The minimum Gasteiger partial charge on any atom is -0.449 e. The Balaban J connectivity index is 1.46. The van der Waals surface area contributed by atoms with E-state index in [1.807, 2.05) is 30.5 Å². The van der Waals surface area contributed by atoms with Crippen LogP contribution in [0.5, 0.6) is 0 Å². The van der Waals surface area contributed by atoms with E-state index in [9.17, 15) is 14.9 Å². The van der Waals surface area contributed by atoms with Crippen molar-refractivity contribution in [3.05, 3.63) is 96.3 Å². The second-order valence-electron chi connectivity index (χ2n) is 7.62. The number of benzene rings is 2. The number of H-pyrrole nitrogens is 1. The molecule has 0 bridgehead atoms. The Hall–Kier alpha value is -3.15. The van der Waals surface area contributed by atoms with Crippen molar-refractivity contribution >= 4 is 83.1 Å². The molecule has 0 atom stereocenters. The lowest BCUT2D eigenvalue weighted by Crippen LogP contribution is -2.31. The van der Waals surface area contributed by atoms with Gasteiger partial charge in [0.1, 0.15) is 5.76 Å². The highest BCUT2D eigenvalue weighted by Crippen LogP contribution is 2.36. The summed E-state index contributed by atoms with van der Waals surface area (Å²) in [4.78, 5) is 33.9. The number of halogens is 2. The van der Waals surface area contributed by atoms with Gasteiger partial charge in [-0.05, 0) is 79.9 Å². The van der Waals surface area contributed by atoms with Crippen molar-refractivity contribution in [1.82, 2.24) is 9.88 Å². The van der Waals surface area contributed by atoms with Gasteiger partial charge in [0.15, 0.2) is 9.84 Å². The number of nitrogens with zero attached hydrogens (tertiary/aromatic N) is 3. The zero-order valence-electron chi connectivity index (χ0n) is 17.9. The zero-order chi connectivity index (χ0) is 24.5. The highest BCUT2D eigenvalue weighted by atomic mass is 79.9. The highest BCUT2D eigenvalue weighted by Gasteiger charge is 2.33. The van der Waals surface area contributed by atoms with E-state index in [0.29, 0.717) is 39.2 Å². The van der Waals surface area contributed by atoms with Gasteiger partial charge >= 0.3 is 0 Å². The summed E-state index contributed by atoms with van der Waals surface area (Å²) in [5, 5.41) is 12.6. The van der Waals surface area contributed by atoms with Crippen molar-refractivity contribution in [2.24, 2.45) is 4.99 Å². The van der Waals surface area contributed by atoms with Crippen LogP contribution in [0.15, 0.2) is 84.3 Å². The first-order valence-electron chi connectivity index (χ1n) is 10.4. The minimum atomic E-state index is -0.460. The highest BCUT2D eigenvalue weighted by molar-refractivity contribution is 9.13. The fourth-order valence-corrected chi connectivity index (χ4v) is 5.29. The van der Waals surface area contributed by atoms with E-state index in [1.165, 1.54) is 23.9 Å². The standard InChI is InChI=1S/C24H16Br2N4O4S/c25-19-11-17(34-22(19)26)12-21-23(31)29(10-9-14-13-27-20-4-2-1-3-18(14)20)24(35-21)28-15-5-7-16(8-6-15)30(32)33/h1-8,11-13,27H,9-10H2/b21-12-,28-24?. The molecule has 1 N–H and O–H groups in total. The number of carbonyl (C=O) groups excluding carboxylic acids is 1. The van der Waals surface area contributed by atoms with Gasteiger partial charge in [-0.2, -0.15) is 0 Å². The van der Waals surface area contributed by atoms with Gasteiger partial charge in [0.05, 0.1) is 20.0 Å². The van der Waals surface area contributed by atoms with Crippen molar-refractivity contribution in [3.63, 3.8) is 0 Å². The maximum atomic E-state index is 13.4. The Labute approximate surface area is 220 Å². The molecule has 0 spiro atoms. The number of non-ortho nitro benzene ring substituents is 1. The number of thioether (sulfide) groups is 1. The van der Waals surface area contributed by atoms with Crippen molar-refractivity contribution in [2.75, 3.05) is 6.54 Å². The van der Waals surface area contributed by atoms with E-state index in [4.69, 9.17) is 4.42 Å². The Morgan fingerprint density at radius 3 is 2.66 bits per heavy atom. The van der Waals surface area contributed by atoms with Crippen LogP contribution >= 0.6 is 43.6 Å². The molecule has 1 aliphatic heterocycles. The molecule has 0 radical (unpaired) electrons. The Morgan fingerprint density at radius 2 is 1.94 bits per heavy atom. The van der Waals surface area contributed by atoms with Gasteiger partial charge in [0.2, 0.25) is 0 Å². The molecular weight excluding hydrogens is 600 g/mol. The molecule has 0 unspecified atom stereocenters. The number of aromatic nitrogens is 1. The van der Waals surface area contributed by atoms with Crippen LogP contribution in [-0.4, -0.2) is 32.4 Å². The van der Waals surface area contributed by atoms with Crippen molar-refractivity contribution in [3.8, 4) is 0 Å². The predicted molar refractivity (Wildman–Crippen MR) is 144 cm³/mol. The molecule has 1 saturated heterocycles. The SMILES string of the molecule is O=C1/C(=C/c2cc(Br)c(Br)o2)SC(=Nc2ccc([N+](=O)[O-])cc2)N1CCc1c[nH]c2ccccc12. The number of amidine groups is 1. The van der Waals surface area contributed by atoms with Gasteiger partial charge in [-0.1, -0.05) is 18.2 Å². The Kier molecular flexibility index (Phi) is 6.63. The van der Waals surface area contributed by atoms with Gasteiger partial charge in [-0.25, -0.2) is 4.99 Å². The molecule has 0 saturated carbocycles. The fourth-order valence-electron chi connectivity index (χ4n) is 3.68. The number of nitro benzene ring substituents is 1.